The highest BCUT2D eigenvalue weighted by Crippen LogP contribution is 1.94. The van der Waals surface area contributed by atoms with Crippen LogP contribution in [-0.2, 0) is 14.3 Å². The van der Waals surface area contributed by atoms with E-state index >= 15 is 0 Å². The van der Waals surface area contributed by atoms with Crippen LogP contribution < -0.4 is 0 Å². The third-order valence-electron chi connectivity index (χ3n) is 2.09. The summed E-state index contributed by atoms with van der Waals surface area (Å²) in [5.74, 6) is -0.892. The molecule has 3 atom stereocenters. The van der Waals surface area contributed by atoms with Gasteiger partial charge in [0.1, 0.15) is 0 Å². The minimum atomic E-state index is -0.892. The Labute approximate surface area is 115 Å². The first-order valence-electron chi connectivity index (χ1n) is 6.60. The summed E-state index contributed by atoms with van der Waals surface area (Å²) in [6.45, 7) is 7.82. The highest BCUT2D eigenvalue weighted by molar-refractivity contribution is 5.71. The quantitative estimate of drug-likeness (QED) is 0.546. The average Bonchev–Trinajstić information content (AvgIpc) is 2.36. The highest BCUT2D eigenvalue weighted by Gasteiger charge is 2.09. The van der Waals surface area contributed by atoms with Crippen molar-refractivity contribution in [2.24, 2.45) is 0 Å². The summed E-state index contributed by atoms with van der Waals surface area (Å²) in [6.07, 6.45) is 0.689. The first-order chi connectivity index (χ1) is 8.84. The Kier molecular flexibility index (Phi) is 14.9. The number of ether oxygens (including phenoxy) is 2. The fraction of sp³-hybridized carbons (Fsp3) is 0.923. The van der Waals surface area contributed by atoms with Gasteiger partial charge in [0.2, 0.25) is 0 Å². The van der Waals surface area contributed by atoms with Crippen LogP contribution in [0, 0.1) is 0 Å². The summed E-state index contributed by atoms with van der Waals surface area (Å²) in [5, 5.41) is 25.5. The third-order valence-corrected chi connectivity index (χ3v) is 2.09. The Balaban J connectivity index is 0. The molecule has 0 aromatic carbocycles. The van der Waals surface area contributed by atoms with E-state index in [1.54, 1.807) is 13.8 Å². The van der Waals surface area contributed by atoms with Gasteiger partial charge in [0, 0.05) is 6.61 Å². The molecule has 0 heterocycles. The Morgan fingerprint density at radius 1 is 1.21 bits per heavy atom. The van der Waals surface area contributed by atoms with Gasteiger partial charge in [-0.2, -0.15) is 0 Å². The molecule has 0 bridgehead atoms. The van der Waals surface area contributed by atoms with Crippen LogP contribution in [0.1, 0.15) is 40.5 Å². The average molecular weight is 280 g/mol. The van der Waals surface area contributed by atoms with Gasteiger partial charge in [-0.25, -0.2) is 4.79 Å². The molecule has 3 N–H and O–H groups in total. The van der Waals surface area contributed by atoms with Gasteiger partial charge in [0.25, 0.3) is 0 Å². The van der Waals surface area contributed by atoms with Crippen LogP contribution in [0.5, 0.6) is 0 Å². The predicted molar refractivity (Wildman–Crippen MR) is 72.1 cm³/mol. The van der Waals surface area contributed by atoms with Crippen molar-refractivity contribution in [1.82, 2.24) is 0 Å². The molecule has 0 fully saturated rings. The van der Waals surface area contributed by atoms with Gasteiger partial charge in [0.15, 0.2) is 6.10 Å². The Hall–Kier alpha value is -0.690. The van der Waals surface area contributed by atoms with E-state index in [1.807, 2.05) is 6.92 Å². The maximum atomic E-state index is 10.2. The van der Waals surface area contributed by atoms with Crippen molar-refractivity contribution < 1.29 is 29.6 Å². The minimum absolute atomic E-state index is 0.00667. The molecule has 0 radical (unpaired) electrons. The number of aliphatic hydroxyl groups excluding tert-OH is 2. The first-order valence-corrected chi connectivity index (χ1v) is 6.60. The summed E-state index contributed by atoms with van der Waals surface area (Å²) in [4.78, 5) is 10.2. The molecule has 116 valence electrons. The van der Waals surface area contributed by atoms with E-state index in [-0.39, 0.29) is 12.7 Å². The number of carbonyl (C=O) groups is 1. The molecule has 6 heteroatoms. The molecule has 19 heavy (non-hydrogen) atoms. The number of aliphatic carboxylic acids is 1. The van der Waals surface area contributed by atoms with Crippen molar-refractivity contribution in [3.05, 3.63) is 0 Å². The van der Waals surface area contributed by atoms with Crippen molar-refractivity contribution in [3.63, 3.8) is 0 Å². The smallest absolute Gasteiger partial charge is 0.332 e. The lowest BCUT2D eigenvalue weighted by atomic mass is 10.3. The minimum Gasteiger partial charge on any atom is -0.479 e. The largest absolute Gasteiger partial charge is 0.479 e. The van der Waals surface area contributed by atoms with Crippen LogP contribution in [0.15, 0.2) is 0 Å². The first kappa shape index (κ1) is 20.6. The van der Waals surface area contributed by atoms with Crippen molar-refractivity contribution in [3.8, 4) is 0 Å². The number of carboxylic acids is 1. The van der Waals surface area contributed by atoms with Crippen LogP contribution in [0.25, 0.3) is 0 Å². The number of hydrogen-bond donors (Lipinski definition) is 3. The molecule has 6 nitrogen and oxygen atoms in total. The number of carboxylic acid groups (broad SMARTS) is 1. The highest BCUT2D eigenvalue weighted by atomic mass is 16.5. The van der Waals surface area contributed by atoms with E-state index in [2.05, 4.69) is 0 Å². The standard InChI is InChI=1S/C7H14O3.C6H14O3/c1-3-4-5-10-6(2)7(8)9;1-5(8)4-9-6(2)3-7/h6H,3-5H2,1-2H3,(H,8,9);5-8H,3-4H2,1-2H3. The van der Waals surface area contributed by atoms with Gasteiger partial charge in [-0.3, -0.25) is 0 Å². The zero-order valence-electron chi connectivity index (χ0n) is 12.3. The van der Waals surface area contributed by atoms with Crippen molar-refractivity contribution >= 4 is 5.97 Å². The van der Waals surface area contributed by atoms with Gasteiger partial charge in [-0.05, 0) is 27.2 Å². The van der Waals surface area contributed by atoms with Gasteiger partial charge < -0.3 is 24.8 Å². The topological polar surface area (TPSA) is 96.2 Å². The second-order valence-electron chi connectivity index (χ2n) is 4.38. The SMILES string of the molecule is CC(O)COC(C)CO.CCCCOC(C)C(=O)O. The molecule has 0 aromatic rings. The molecule has 0 aliphatic carbocycles. The fourth-order valence-corrected chi connectivity index (χ4v) is 0.832. The monoisotopic (exact) mass is 280 g/mol. The van der Waals surface area contributed by atoms with E-state index in [0.717, 1.165) is 12.8 Å². The number of hydrogen-bond acceptors (Lipinski definition) is 5. The van der Waals surface area contributed by atoms with Gasteiger partial charge in [-0.15, -0.1) is 0 Å². The molecule has 0 amide bonds. The molecule has 0 saturated heterocycles. The number of rotatable bonds is 9. The van der Waals surface area contributed by atoms with Gasteiger partial charge in [0.05, 0.1) is 25.4 Å². The lowest BCUT2D eigenvalue weighted by molar-refractivity contribution is -0.149. The predicted octanol–water partition coefficient (Wildman–Crippen LogP) is 1.04. The second-order valence-corrected chi connectivity index (χ2v) is 4.38. The molecular weight excluding hydrogens is 252 g/mol. The Morgan fingerprint density at radius 3 is 2.16 bits per heavy atom. The van der Waals surface area contributed by atoms with Crippen molar-refractivity contribution in [2.75, 3.05) is 19.8 Å². The molecule has 3 unspecified atom stereocenters. The zero-order valence-corrected chi connectivity index (χ0v) is 12.3. The second kappa shape index (κ2) is 13.7. The lowest BCUT2D eigenvalue weighted by Crippen LogP contribution is -2.20. The lowest BCUT2D eigenvalue weighted by Gasteiger charge is -2.10. The maximum absolute atomic E-state index is 10.2. The molecule has 0 rings (SSSR count). The van der Waals surface area contributed by atoms with E-state index in [4.69, 9.17) is 24.8 Å². The van der Waals surface area contributed by atoms with E-state index < -0.39 is 18.2 Å². The van der Waals surface area contributed by atoms with Crippen LogP contribution in [-0.4, -0.2) is 59.4 Å². The summed E-state index contributed by atoms with van der Waals surface area (Å²) < 4.78 is 9.90. The van der Waals surface area contributed by atoms with Crippen LogP contribution >= 0.6 is 0 Å². The molecule has 0 spiro atoms. The Bertz CT molecular complexity index is 207. The van der Waals surface area contributed by atoms with E-state index in [0.29, 0.717) is 13.2 Å². The normalized spacial score (nSPS) is 15.1. The third kappa shape index (κ3) is 17.3. The summed E-state index contributed by atoms with van der Waals surface area (Å²) in [6, 6.07) is 0. The Morgan fingerprint density at radius 2 is 1.79 bits per heavy atom. The number of unbranched alkanes of at least 4 members (excludes halogenated alkanes) is 1. The van der Waals surface area contributed by atoms with Crippen molar-refractivity contribution in [2.45, 2.75) is 58.8 Å². The molecule has 0 aromatic heterocycles. The maximum Gasteiger partial charge on any atom is 0.332 e. The van der Waals surface area contributed by atoms with Gasteiger partial charge >= 0.3 is 5.97 Å². The van der Waals surface area contributed by atoms with Crippen LogP contribution in [0.4, 0.5) is 0 Å². The van der Waals surface area contributed by atoms with Crippen LogP contribution in [0.2, 0.25) is 0 Å². The molecular formula is C13H28O6. The van der Waals surface area contributed by atoms with Crippen molar-refractivity contribution in [1.29, 1.82) is 0 Å². The summed E-state index contributed by atoms with van der Waals surface area (Å²) in [7, 11) is 0. The van der Waals surface area contributed by atoms with E-state index in [1.165, 1.54) is 6.92 Å². The summed E-state index contributed by atoms with van der Waals surface area (Å²) in [5.41, 5.74) is 0. The van der Waals surface area contributed by atoms with E-state index in [9.17, 15) is 4.79 Å². The fourth-order valence-electron chi connectivity index (χ4n) is 0.832. The molecule has 0 aliphatic heterocycles. The van der Waals surface area contributed by atoms with Crippen LogP contribution in [0.3, 0.4) is 0 Å². The van der Waals surface area contributed by atoms with Gasteiger partial charge in [-0.1, -0.05) is 13.3 Å². The summed E-state index contributed by atoms with van der Waals surface area (Å²) >= 11 is 0. The molecule has 0 aliphatic rings. The molecule has 0 saturated carbocycles. The zero-order chi connectivity index (χ0) is 15.3. The number of aliphatic hydroxyl groups is 2.